The number of hydrogen-bond donors (Lipinski definition) is 0. The van der Waals surface area contributed by atoms with Gasteiger partial charge >= 0.3 is 6.18 Å². The van der Waals surface area contributed by atoms with Crippen molar-refractivity contribution in [2.45, 2.75) is 12.6 Å². The highest BCUT2D eigenvalue weighted by Gasteiger charge is 2.30. The van der Waals surface area contributed by atoms with Gasteiger partial charge in [0, 0.05) is 11.3 Å². The highest BCUT2D eigenvalue weighted by Crippen LogP contribution is 2.32. The van der Waals surface area contributed by atoms with Gasteiger partial charge in [0.15, 0.2) is 0 Å². The minimum atomic E-state index is -4.33. The maximum Gasteiger partial charge on any atom is 0.416 e. The van der Waals surface area contributed by atoms with Crippen LogP contribution in [0.2, 0.25) is 0 Å². The summed E-state index contributed by atoms with van der Waals surface area (Å²) >= 11 is 1.45. The van der Waals surface area contributed by atoms with Crippen LogP contribution in [0.5, 0.6) is 0 Å². The highest BCUT2D eigenvalue weighted by atomic mass is 32.1. The smallest absolute Gasteiger partial charge is 0.192 e. The Labute approximate surface area is 129 Å². The average Bonchev–Trinajstić information content (AvgIpc) is 2.88. The lowest BCUT2D eigenvalue weighted by Crippen LogP contribution is -2.05. The first-order valence-electron chi connectivity index (χ1n) is 6.55. The Morgan fingerprint density at radius 1 is 1.05 bits per heavy atom. The predicted octanol–water partition coefficient (Wildman–Crippen LogP) is 5.38. The molecule has 0 bridgehead atoms. The molecular formula is C17H10F3NS. The number of rotatable bonds is 2. The molecule has 1 nitrogen and oxygen atoms in total. The Kier molecular flexibility index (Phi) is 3.63. The second-order valence-corrected chi connectivity index (χ2v) is 6.06. The molecule has 3 rings (SSSR count). The lowest BCUT2D eigenvalue weighted by atomic mass is 10.1. The Morgan fingerprint density at radius 3 is 2.55 bits per heavy atom. The van der Waals surface area contributed by atoms with Gasteiger partial charge in [-0.1, -0.05) is 30.3 Å². The van der Waals surface area contributed by atoms with Crippen LogP contribution in [0.25, 0.3) is 10.1 Å². The molecular weight excluding hydrogens is 307 g/mol. The summed E-state index contributed by atoms with van der Waals surface area (Å²) in [5, 5.41) is 10.0. The largest absolute Gasteiger partial charge is 0.416 e. The van der Waals surface area contributed by atoms with Crippen LogP contribution in [0.15, 0.2) is 48.5 Å². The molecule has 0 aliphatic carbocycles. The van der Waals surface area contributed by atoms with Gasteiger partial charge < -0.3 is 0 Å². The molecule has 0 saturated carbocycles. The minimum Gasteiger partial charge on any atom is -0.192 e. The molecule has 0 saturated heterocycles. The zero-order chi connectivity index (χ0) is 15.7. The van der Waals surface area contributed by atoms with Crippen LogP contribution in [0.3, 0.4) is 0 Å². The molecule has 110 valence electrons. The maximum atomic E-state index is 12.7. The molecule has 0 amide bonds. The summed E-state index contributed by atoms with van der Waals surface area (Å²) in [6.07, 6.45) is -3.90. The van der Waals surface area contributed by atoms with E-state index in [0.29, 0.717) is 17.5 Å². The van der Waals surface area contributed by atoms with Gasteiger partial charge in [0.2, 0.25) is 0 Å². The van der Waals surface area contributed by atoms with E-state index in [4.69, 9.17) is 5.26 Å². The molecule has 0 fully saturated rings. The Morgan fingerprint density at radius 2 is 1.82 bits per heavy atom. The van der Waals surface area contributed by atoms with E-state index in [-0.39, 0.29) is 0 Å². The number of nitrogens with zero attached hydrogens (tertiary/aromatic N) is 1. The van der Waals surface area contributed by atoms with Crippen LogP contribution in [0.4, 0.5) is 13.2 Å². The SMILES string of the molecule is N#Cc1cccc2cc(Cc3cccc(C(F)(F)F)c3)sc12. The zero-order valence-electron chi connectivity index (χ0n) is 11.3. The van der Waals surface area contributed by atoms with Crippen LogP contribution in [-0.2, 0) is 12.6 Å². The van der Waals surface area contributed by atoms with E-state index < -0.39 is 11.7 Å². The van der Waals surface area contributed by atoms with Crippen molar-refractivity contribution < 1.29 is 13.2 Å². The molecule has 0 unspecified atom stereocenters. The van der Waals surface area contributed by atoms with E-state index in [2.05, 4.69) is 6.07 Å². The van der Waals surface area contributed by atoms with Crippen LogP contribution in [0.1, 0.15) is 21.6 Å². The number of hydrogen-bond acceptors (Lipinski definition) is 2. The van der Waals surface area contributed by atoms with Gasteiger partial charge in [0.25, 0.3) is 0 Å². The third kappa shape index (κ3) is 2.83. The molecule has 5 heteroatoms. The number of fused-ring (bicyclic) bond motifs is 1. The van der Waals surface area contributed by atoms with E-state index in [0.717, 1.165) is 21.0 Å². The summed E-state index contributed by atoms with van der Waals surface area (Å²) in [4.78, 5) is 0.942. The van der Waals surface area contributed by atoms with Crippen molar-refractivity contribution in [3.05, 3.63) is 70.1 Å². The number of benzene rings is 2. The van der Waals surface area contributed by atoms with Crippen molar-refractivity contribution in [1.29, 1.82) is 5.26 Å². The monoisotopic (exact) mass is 317 g/mol. The first-order chi connectivity index (χ1) is 10.5. The van der Waals surface area contributed by atoms with Crippen molar-refractivity contribution >= 4 is 21.4 Å². The van der Waals surface area contributed by atoms with Gasteiger partial charge in [0.05, 0.1) is 15.8 Å². The Bertz CT molecular complexity index is 871. The van der Waals surface area contributed by atoms with E-state index >= 15 is 0 Å². The number of alkyl halides is 3. The number of nitriles is 1. The first kappa shape index (κ1) is 14.6. The fourth-order valence-electron chi connectivity index (χ4n) is 2.35. The zero-order valence-corrected chi connectivity index (χ0v) is 12.1. The molecule has 0 aliphatic rings. The Hall–Kier alpha value is -2.32. The molecule has 3 aromatic rings. The lowest BCUT2D eigenvalue weighted by Gasteiger charge is -2.08. The quantitative estimate of drug-likeness (QED) is 0.622. The summed E-state index contributed by atoms with van der Waals surface area (Å²) in [5.74, 6) is 0. The second kappa shape index (κ2) is 5.47. The van der Waals surface area contributed by atoms with Gasteiger partial charge in [-0.2, -0.15) is 18.4 Å². The third-order valence-electron chi connectivity index (χ3n) is 3.35. The molecule has 22 heavy (non-hydrogen) atoms. The van der Waals surface area contributed by atoms with Crippen molar-refractivity contribution in [2.24, 2.45) is 0 Å². The van der Waals surface area contributed by atoms with Crippen LogP contribution in [-0.4, -0.2) is 0 Å². The molecule has 2 aromatic carbocycles. The fraction of sp³-hybridized carbons (Fsp3) is 0.118. The standard InChI is InChI=1S/C17H10F3NS/c18-17(19,20)14-6-1-3-11(7-14)8-15-9-12-4-2-5-13(10-21)16(12)22-15/h1-7,9H,8H2. The normalized spacial score (nSPS) is 11.5. The number of thiophene rings is 1. The molecule has 1 aromatic heterocycles. The van der Waals surface area contributed by atoms with Crippen LogP contribution >= 0.6 is 11.3 Å². The topological polar surface area (TPSA) is 23.8 Å². The van der Waals surface area contributed by atoms with Crippen LogP contribution in [0, 0.1) is 11.3 Å². The van der Waals surface area contributed by atoms with Crippen molar-refractivity contribution in [3.8, 4) is 6.07 Å². The van der Waals surface area contributed by atoms with Gasteiger partial charge in [0.1, 0.15) is 6.07 Å². The first-order valence-corrected chi connectivity index (χ1v) is 7.37. The summed E-state index contributed by atoms with van der Waals surface area (Å²) in [5.41, 5.74) is 0.571. The van der Waals surface area contributed by atoms with E-state index in [1.165, 1.54) is 23.5 Å². The number of halogens is 3. The molecule has 1 heterocycles. The second-order valence-electron chi connectivity index (χ2n) is 4.92. The van der Waals surface area contributed by atoms with E-state index in [9.17, 15) is 13.2 Å². The summed E-state index contributed by atoms with van der Waals surface area (Å²) in [7, 11) is 0. The average molecular weight is 317 g/mol. The van der Waals surface area contributed by atoms with E-state index in [1.807, 2.05) is 18.2 Å². The summed E-state index contributed by atoms with van der Waals surface area (Å²) < 4.78 is 39.1. The molecule has 0 N–H and O–H groups in total. The van der Waals surface area contributed by atoms with Crippen LogP contribution < -0.4 is 0 Å². The van der Waals surface area contributed by atoms with E-state index in [1.54, 1.807) is 12.1 Å². The molecule has 0 spiro atoms. The molecule has 0 aliphatic heterocycles. The van der Waals surface area contributed by atoms with Gasteiger partial charge in [-0.3, -0.25) is 0 Å². The van der Waals surface area contributed by atoms with Gasteiger partial charge in [-0.25, -0.2) is 0 Å². The summed E-state index contributed by atoms with van der Waals surface area (Å²) in [6.45, 7) is 0. The fourth-order valence-corrected chi connectivity index (χ4v) is 3.51. The van der Waals surface area contributed by atoms with Gasteiger partial charge in [-0.05, 0) is 29.1 Å². The maximum absolute atomic E-state index is 12.7. The lowest BCUT2D eigenvalue weighted by molar-refractivity contribution is -0.137. The van der Waals surface area contributed by atoms with Crippen molar-refractivity contribution in [3.63, 3.8) is 0 Å². The predicted molar refractivity (Wildman–Crippen MR) is 80.8 cm³/mol. The molecule has 0 radical (unpaired) electrons. The highest BCUT2D eigenvalue weighted by molar-refractivity contribution is 7.19. The van der Waals surface area contributed by atoms with Gasteiger partial charge in [-0.15, -0.1) is 11.3 Å². The Balaban J connectivity index is 1.96. The third-order valence-corrected chi connectivity index (χ3v) is 4.53. The minimum absolute atomic E-state index is 0.425. The van der Waals surface area contributed by atoms with Crippen molar-refractivity contribution in [1.82, 2.24) is 0 Å². The summed E-state index contributed by atoms with van der Waals surface area (Å²) in [6, 6.07) is 14.9. The van der Waals surface area contributed by atoms with Crippen molar-refractivity contribution in [2.75, 3.05) is 0 Å². The molecule has 0 atom stereocenters.